The van der Waals surface area contributed by atoms with E-state index in [-0.39, 0.29) is 42.5 Å². The molecule has 4 rings (SSSR count). The zero-order valence-corrected chi connectivity index (χ0v) is 23.6. The zero-order valence-electron chi connectivity index (χ0n) is 22.0. The summed E-state index contributed by atoms with van der Waals surface area (Å²) in [5, 5.41) is 21.9. The van der Waals surface area contributed by atoms with E-state index in [0.717, 1.165) is 47.1 Å². The number of carboxylic acid groups (broad SMARTS) is 1. The van der Waals surface area contributed by atoms with Gasteiger partial charge in [-0.1, -0.05) is 11.6 Å². The number of halogens is 1. The standard InChI is InChI=1S/C28H35ClN4O5S/c1-17-20(14-21-8-13-39-26(21)25(17)29)2-3-23(34)33-11-6-19(7-12-33)28(38)32-22(15-24(35)36)16-31-27(37)18-4-9-30-10-5-18/h2-3,8,13-14,18-19,22,30H,4-7,9-12,15-16H2,1H3,(H,31,37)(H,32,38)(H,35,36)/b3-2+/t22-/m1/s1. The van der Waals surface area contributed by atoms with Crippen LogP contribution in [0.3, 0.4) is 0 Å². The summed E-state index contributed by atoms with van der Waals surface area (Å²) in [7, 11) is 0. The number of thiophene rings is 1. The molecule has 2 aliphatic heterocycles. The number of fused-ring (bicyclic) bond motifs is 1. The molecule has 11 heteroatoms. The Morgan fingerprint density at radius 3 is 2.54 bits per heavy atom. The molecule has 0 aliphatic carbocycles. The summed E-state index contributed by atoms with van der Waals surface area (Å²) in [6.07, 6.45) is 5.51. The van der Waals surface area contributed by atoms with Crippen LogP contribution < -0.4 is 16.0 Å². The number of aliphatic carboxylic acids is 1. The third kappa shape index (κ3) is 7.58. The Morgan fingerprint density at radius 1 is 1.15 bits per heavy atom. The Balaban J connectivity index is 1.27. The molecule has 0 radical (unpaired) electrons. The minimum absolute atomic E-state index is 0.0729. The molecular formula is C28H35ClN4O5S. The highest BCUT2D eigenvalue weighted by molar-refractivity contribution is 7.17. The molecule has 0 saturated carbocycles. The first kappa shape index (κ1) is 29.0. The molecule has 1 aromatic heterocycles. The third-order valence-electron chi connectivity index (χ3n) is 7.55. The van der Waals surface area contributed by atoms with Crippen LogP contribution in [0.1, 0.15) is 43.2 Å². The van der Waals surface area contributed by atoms with Gasteiger partial charge >= 0.3 is 5.97 Å². The number of likely N-dealkylation sites (tertiary alicyclic amines) is 1. The topological polar surface area (TPSA) is 128 Å². The fraction of sp³-hybridized carbons (Fsp3) is 0.500. The molecule has 2 aliphatic rings. The van der Waals surface area contributed by atoms with E-state index >= 15 is 0 Å². The van der Waals surface area contributed by atoms with Crippen LogP contribution >= 0.6 is 22.9 Å². The first-order valence-corrected chi connectivity index (χ1v) is 14.6. The Kier molecular flexibility index (Phi) is 9.99. The fourth-order valence-corrected chi connectivity index (χ4v) is 6.36. The van der Waals surface area contributed by atoms with Gasteiger partial charge in [-0.3, -0.25) is 19.2 Å². The molecule has 2 fully saturated rings. The minimum Gasteiger partial charge on any atom is -0.481 e. The van der Waals surface area contributed by atoms with Crippen LogP contribution in [0.2, 0.25) is 5.02 Å². The van der Waals surface area contributed by atoms with Crippen LogP contribution in [0.15, 0.2) is 23.6 Å². The molecule has 3 heterocycles. The van der Waals surface area contributed by atoms with Gasteiger partial charge in [-0.15, -0.1) is 11.3 Å². The monoisotopic (exact) mass is 574 g/mol. The SMILES string of the molecule is Cc1c(/C=C/C(=O)N2CCC(C(=O)N[C@@H](CNC(=O)C3CCNCC3)CC(=O)O)CC2)cc2ccsc2c1Cl. The van der Waals surface area contributed by atoms with Crippen molar-refractivity contribution in [1.82, 2.24) is 20.9 Å². The smallest absolute Gasteiger partial charge is 0.305 e. The first-order valence-electron chi connectivity index (χ1n) is 13.4. The van der Waals surface area contributed by atoms with Crippen molar-refractivity contribution in [3.05, 3.63) is 39.7 Å². The van der Waals surface area contributed by atoms with Crippen molar-refractivity contribution in [2.24, 2.45) is 11.8 Å². The maximum Gasteiger partial charge on any atom is 0.305 e. The van der Waals surface area contributed by atoms with E-state index in [1.165, 1.54) is 0 Å². The lowest BCUT2D eigenvalue weighted by Crippen LogP contribution is -2.50. The fourth-order valence-electron chi connectivity index (χ4n) is 5.14. The number of rotatable bonds is 9. The van der Waals surface area contributed by atoms with Crippen molar-refractivity contribution in [2.75, 3.05) is 32.7 Å². The Morgan fingerprint density at radius 2 is 1.85 bits per heavy atom. The van der Waals surface area contributed by atoms with Crippen molar-refractivity contribution in [1.29, 1.82) is 0 Å². The second-order valence-corrected chi connectivity index (χ2v) is 11.5. The maximum atomic E-state index is 12.9. The molecule has 210 valence electrons. The quantitative estimate of drug-likeness (QED) is 0.341. The van der Waals surface area contributed by atoms with Crippen LogP contribution in [0.4, 0.5) is 0 Å². The van der Waals surface area contributed by atoms with E-state index in [1.54, 1.807) is 28.4 Å². The average molecular weight is 575 g/mol. The lowest BCUT2D eigenvalue weighted by molar-refractivity contribution is -0.138. The van der Waals surface area contributed by atoms with Crippen LogP contribution in [-0.2, 0) is 19.2 Å². The molecule has 0 spiro atoms. The molecule has 4 N–H and O–H groups in total. The summed E-state index contributed by atoms with van der Waals surface area (Å²) in [4.78, 5) is 51.3. The number of carboxylic acids is 1. The third-order valence-corrected chi connectivity index (χ3v) is 9.08. The largest absolute Gasteiger partial charge is 0.481 e. The molecule has 0 bridgehead atoms. The van der Waals surface area contributed by atoms with Crippen LogP contribution in [0, 0.1) is 18.8 Å². The number of carbonyl (C=O) groups excluding carboxylic acids is 3. The van der Waals surface area contributed by atoms with Crippen molar-refractivity contribution in [3.63, 3.8) is 0 Å². The normalized spacial score (nSPS) is 17.8. The number of amides is 3. The second kappa shape index (κ2) is 13.4. The van der Waals surface area contributed by atoms with Crippen molar-refractivity contribution in [2.45, 2.75) is 45.1 Å². The molecule has 1 atom stereocenters. The van der Waals surface area contributed by atoms with Gasteiger partial charge in [0.2, 0.25) is 17.7 Å². The van der Waals surface area contributed by atoms with Gasteiger partial charge in [0.15, 0.2) is 0 Å². The lowest BCUT2D eigenvalue weighted by atomic mass is 9.95. The number of hydrogen-bond acceptors (Lipinski definition) is 6. The summed E-state index contributed by atoms with van der Waals surface area (Å²) in [6.45, 7) is 4.43. The van der Waals surface area contributed by atoms with Crippen molar-refractivity contribution >= 4 is 62.8 Å². The van der Waals surface area contributed by atoms with E-state index in [0.29, 0.717) is 31.0 Å². The van der Waals surface area contributed by atoms with E-state index in [2.05, 4.69) is 16.0 Å². The van der Waals surface area contributed by atoms with Gasteiger partial charge in [-0.05, 0) is 85.8 Å². The average Bonchev–Trinajstić information content (AvgIpc) is 3.41. The highest BCUT2D eigenvalue weighted by Crippen LogP contribution is 2.34. The molecule has 0 unspecified atom stereocenters. The van der Waals surface area contributed by atoms with Gasteiger partial charge in [0.05, 0.1) is 22.2 Å². The summed E-state index contributed by atoms with van der Waals surface area (Å²) in [5.74, 6) is -1.93. The van der Waals surface area contributed by atoms with Gasteiger partial charge in [0.1, 0.15) is 0 Å². The molecular weight excluding hydrogens is 540 g/mol. The summed E-state index contributed by atoms with van der Waals surface area (Å²) in [6, 6.07) is 3.33. The zero-order chi connectivity index (χ0) is 27.9. The summed E-state index contributed by atoms with van der Waals surface area (Å²) in [5.41, 5.74) is 1.82. The van der Waals surface area contributed by atoms with Crippen LogP contribution in [0.5, 0.6) is 0 Å². The Hall–Kier alpha value is -2.95. The Labute approximate surface area is 237 Å². The van der Waals surface area contributed by atoms with Gasteiger partial charge in [-0.25, -0.2) is 0 Å². The van der Waals surface area contributed by atoms with E-state index in [1.807, 2.05) is 24.4 Å². The minimum atomic E-state index is -1.04. The summed E-state index contributed by atoms with van der Waals surface area (Å²) >= 11 is 8.09. The van der Waals surface area contributed by atoms with Gasteiger partial charge < -0.3 is 26.0 Å². The van der Waals surface area contributed by atoms with E-state index in [9.17, 15) is 24.3 Å². The van der Waals surface area contributed by atoms with E-state index < -0.39 is 12.0 Å². The number of benzene rings is 1. The van der Waals surface area contributed by atoms with Gasteiger partial charge in [-0.2, -0.15) is 0 Å². The van der Waals surface area contributed by atoms with Crippen LogP contribution in [-0.4, -0.2) is 72.5 Å². The molecule has 3 amide bonds. The van der Waals surface area contributed by atoms with Crippen molar-refractivity contribution < 1.29 is 24.3 Å². The molecule has 2 saturated heterocycles. The molecule has 2 aromatic rings. The number of hydrogen-bond donors (Lipinski definition) is 4. The highest BCUT2D eigenvalue weighted by Gasteiger charge is 2.29. The van der Waals surface area contributed by atoms with Crippen molar-refractivity contribution in [3.8, 4) is 0 Å². The van der Waals surface area contributed by atoms with Gasteiger partial charge in [0.25, 0.3) is 0 Å². The van der Waals surface area contributed by atoms with Gasteiger partial charge in [0, 0.05) is 37.5 Å². The number of carbonyl (C=O) groups is 4. The Bertz CT molecular complexity index is 1250. The second-order valence-electron chi connectivity index (χ2n) is 10.2. The number of piperidine rings is 2. The number of nitrogens with zero attached hydrogens (tertiary/aromatic N) is 1. The maximum absolute atomic E-state index is 12.9. The van der Waals surface area contributed by atoms with E-state index in [4.69, 9.17) is 11.6 Å². The predicted molar refractivity (Wildman–Crippen MR) is 153 cm³/mol. The predicted octanol–water partition coefficient (Wildman–Crippen LogP) is 3.19. The molecule has 39 heavy (non-hydrogen) atoms. The molecule has 9 nitrogen and oxygen atoms in total. The summed E-state index contributed by atoms with van der Waals surface area (Å²) < 4.78 is 1.03. The molecule has 1 aromatic carbocycles. The first-order chi connectivity index (χ1) is 18.7. The number of nitrogens with one attached hydrogen (secondary N) is 3. The lowest BCUT2D eigenvalue weighted by Gasteiger charge is -2.31. The van der Waals surface area contributed by atoms with Crippen LogP contribution in [0.25, 0.3) is 16.2 Å². The highest BCUT2D eigenvalue weighted by atomic mass is 35.5.